The number of nitrogens with one attached hydrogen (secondary N) is 3. The molecule has 0 radical (unpaired) electrons. The Morgan fingerprint density at radius 2 is 2.00 bits per heavy atom. The number of hydrogen-bond acceptors (Lipinski definition) is 4. The second-order valence-electron chi connectivity index (χ2n) is 5.01. The Bertz CT molecular complexity index is 1020. The lowest BCUT2D eigenvalue weighted by Gasteiger charge is -2.08. The first-order valence-corrected chi connectivity index (χ1v) is 8.40. The monoisotopic (exact) mass is 393 g/mol. The molecule has 6 nitrogen and oxygen atoms in total. The predicted octanol–water partition coefficient (Wildman–Crippen LogP) is 2.59. The summed E-state index contributed by atoms with van der Waals surface area (Å²) in [5, 5.41) is 4.68. The van der Waals surface area contributed by atoms with E-state index in [1.165, 1.54) is 18.3 Å². The SMILES string of the molecule is CC(=O)Nc1ccsc1Cc1cc(Br)cc2[nH]c(=O)c(=O)[nH]c12. The van der Waals surface area contributed by atoms with Gasteiger partial charge in [0.25, 0.3) is 0 Å². The number of hydrogen-bond donors (Lipinski definition) is 3. The molecular formula is C15H12BrN3O3S. The van der Waals surface area contributed by atoms with Crippen LogP contribution in [0.15, 0.2) is 37.6 Å². The number of anilines is 1. The normalized spacial score (nSPS) is 10.9. The van der Waals surface area contributed by atoms with E-state index in [4.69, 9.17) is 0 Å². The van der Waals surface area contributed by atoms with Crippen molar-refractivity contribution in [3.05, 3.63) is 59.2 Å². The molecule has 0 spiro atoms. The second kappa shape index (κ2) is 6.13. The van der Waals surface area contributed by atoms with Crippen LogP contribution in [-0.2, 0) is 11.2 Å². The number of halogens is 1. The number of carbonyl (C=O) groups excluding carboxylic acids is 1. The lowest BCUT2D eigenvalue weighted by molar-refractivity contribution is -0.114. The molecule has 118 valence electrons. The number of H-pyrrole nitrogens is 2. The maximum absolute atomic E-state index is 11.6. The minimum absolute atomic E-state index is 0.138. The molecule has 0 fully saturated rings. The smallest absolute Gasteiger partial charge is 0.314 e. The molecule has 0 aliphatic carbocycles. The van der Waals surface area contributed by atoms with E-state index in [2.05, 4.69) is 31.2 Å². The van der Waals surface area contributed by atoms with Gasteiger partial charge in [0, 0.05) is 22.7 Å². The van der Waals surface area contributed by atoms with E-state index in [0.717, 1.165) is 20.6 Å². The van der Waals surface area contributed by atoms with Crippen molar-refractivity contribution in [3.8, 4) is 0 Å². The van der Waals surface area contributed by atoms with Crippen LogP contribution in [0.5, 0.6) is 0 Å². The highest BCUT2D eigenvalue weighted by Gasteiger charge is 2.12. The molecule has 3 aromatic rings. The number of aromatic amines is 2. The van der Waals surface area contributed by atoms with E-state index in [1.54, 1.807) is 6.07 Å². The summed E-state index contributed by atoms with van der Waals surface area (Å²) in [5.41, 5.74) is 1.36. The van der Waals surface area contributed by atoms with Crippen LogP contribution in [0.4, 0.5) is 5.69 Å². The first kappa shape index (κ1) is 15.7. The van der Waals surface area contributed by atoms with Crippen molar-refractivity contribution >= 4 is 49.9 Å². The Labute approximate surface area is 142 Å². The molecule has 1 aromatic carbocycles. The van der Waals surface area contributed by atoms with Crippen molar-refractivity contribution in [2.24, 2.45) is 0 Å². The van der Waals surface area contributed by atoms with E-state index >= 15 is 0 Å². The van der Waals surface area contributed by atoms with Gasteiger partial charge in [0.1, 0.15) is 0 Å². The predicted molar refractivity (Wildman–Crippen MR) is 94.3 cm³/mol. The summed E-state index contributed by atoms with van der Waals surface area (Å²) in [6, 6.07) is 5.46. The molecule has 0 saturated heterocycles. The third-order valence-electron chi connectivity index (χ3n) is 3.28. The average Bonchev–Trinajstić information content (AvgIpc) is 2.87. The summed E-state index contributed by atoms with van der Waals surface area (Å²) in [7, 11) is 0. The summed E-state index contributed by atoms with van der Waals surface area (Å²) >= 11 is 4.92. The van der Waals surface area contributed by atoms with Crippen molar-refractivity contribution in [1.29, 1.82) is 0 Å². The molecule has 0 atom stereocenters. The Kier molecular flexibility index (Phi) is 4.18. The second-order valence-corrected chi connectivity index (χ2v) is 6.93. The zero-order chi connectivity index (χ0) is 16.6. The van der Waals surface area contributed by atoms with Crippen molar-refractivity contribution in [3.63, 3.8) is 0 Å². The molecule has 0 bridgehead atoms. The number of benzene rings is 1. The average molecular weight is 394 g/mol. The molecule has 2 heterocycles. The van der Waals surface area contributed by atoms with Crippen LogP contribution in [0.25, 0.3) is 11.0 Å². The molecule has 3 rings (SSSR count). The lowest BCUT2D eigenvalue weighted by Crippen LogP contribution is -2.29. The minimum atomic E-state index is -0.686. The van der Waals surface area contributed by atoms with Crippen LogP contribution in [0, 0.1) is 0 Å². The van der Waals surface area contributed by atoms with E-state index < -0.39 is 11.1 Å². The maximum atomic E-state index is 11.6. The molecule has 1 amide bonds. The zero-order valence-corrected chi connectivity index (χ0v) is 14.4. The third-order valence-corrected chi connectivity index (χ3v) is 4.66. The maximum Gasteiger partial charge on any atom is 0.314 e. The lowest BCUT2D eigenvalue weighted by atomic mass is 10.1. The van der Waals surface area contributed by atoms with Gasteiger partial charge in [0.15, 0.2) is 0 Å². The van der Waals surface area contributed by atoms with Crippen LogP contribution in [0.1, 0.15) is 17.4 Å². The Morgan fingerprint density at radius 3 is 2.74 bits per heavy atom. The van der Waals surface area contributed by atoms with Gasteiger partial charge in [-0.3, -0.25) is 14.4 Å². The number of aromatic nitrogens is 2. The van der Waals surface area contributed by atoms with Gasteiger partial charge in [0.2, 0.25) is 5.91 Å². The van der Waals surface area contributed by atoms with Gasteiger partial charge >= 0.3 is 11.1 Å². The number of fused-ring (bicyclic) bond motifs is 1. The van der Waals surface area contributed by atoms with E-state index in [1.807, 2.05) is 17.5 Å². The molecule has 23 heavy (non-hydrogen) atoms. The van der Waals surface area contributed by atoms with Crippen LogP contribution in [-0.4, -0.2) is 15.9 Å². The first-order valence-electron chi connectivity index (χ1n) is 6.72. The standard InChI is InChI=1S/C15H12BrN3O3S/c1-7(20)17-10-2-3-23-12(10)5-8-4-9(16)6-11-13(8)19-15(22)14(21)18-11/h2-4,6H,5H2,1H3,(H,17,20)(H,18,21)(H,19,22). The van der Waals surface area contributed by atoms with Gasteiger partial charge in [-0.25, -0.2) is 0 Å². The molecule has 0 unspecified atom stereocenters. The quantitative estimate of drug-likeness (QED) is 0.596. The Hall–Kier alpha value is -2.19. The van der Waals surface area contributed by atoms with Crippen molar-refractivity contribution in [2.45, 2.75) is 13.3 Å². The Balaban J connectivity index is 2.12. The molecule has 3 N–H and O–H groups in total. The summed E-state index contributed by atoms with van der Waals surface area (Å²) in [6.45, 7) is 1.46. The van der Waals surface area contributed by atoms with Gasteiger partial charge in [-0.15, -0.1) is 11.3 Å². The summed E-state index contributed by atoms with van der Waals surface area (Å²) in [5.74, 6) is -0.138. The zero-order valence-electron chi connectivity index (χ0n) is 12.0. The molecule has 8 heteroatoms. The molecule has 2 aromatic heterocycles. The fourth-order valence-corrected chi connectivity index (χ4v) is 3.71. The van der Waals surface area contributed by atoms with E-state index in [-0.39, 0.29) is 5.91 Å². The van der Waals surface area contributed by atoms with Crippen LogP contribution in [0.2, 0.25) is 0 Å². The van der Waals surface area contributed by atoms with Crippen LogP contribution < -0.4 is 16.4 Å². The minimum Gasteiger partial charge on any atom is -0.325 e. The Morgan fingerprint density at radius 1 is 1.26 bits per heavy atom. The summed E-state index contributed by atoms with van der Waals surface area (Å²) in [4.78, 5) is 40.5. The van der Waals surface area contributed by atoms with Crippen molar-refractivity contribution in [2.75, 3.05) is 5.32 Å². The highest BCUT2D eigenvalue weighted by atomic mass is 79.9. The first-order chi connectivity index (χ1) is 10.9. The van der Waals surface area contributed by atoms with E-state index in [9.17, 15) is 14.4 Å². The van der Waals surface area contributed by atoms with Crippen molar-refractivity contribution in [1.82, 2.24) is 9.97 Å². The number of thiophene rings is 1. The number of rotatable bonds is 3. The number of carbonyl (C=O) groups is 1. The summed E-state index contributed by atoms with van der Waals surface area (Å²) < 4.78 is 0.792. The largest absolute Gasteiger partial charge is 0.325 e. The van der Waals surface area contributed by atoms with E-state index in [0.29, 0.717) is 17.5 Å². The fourth-order valence-electron chi connectivity index (χ4n) is 2.35. The van der Waals surface area contributed by atoms with Gasteiger partial charge in [-0.1, -0.05) is 15.9 Å². The summed E-state index contributed by atoms with van der Waals surface area (Å²) in [6.07, 6.45) is 0.519. The highest BCUT2D eigenvalue weighted by Crippen LogP contribution is 2.29. The highest BCUT2D eigenvalue weighted by molar-refractivity contribution is 9.10. The van der Waals surface area contributed by atoms with Crippen LogP contribution >= 0.6 is 27.3 Å². The van der Waals surface area contributed by atoms with Crippen molar-refractivity contribution < 1.29 is 4.79 Å². The van der Waals surface area contributed by atoms with Gasteiger partial charge in [-0.05, 0) is 29.1 Å². The fraction of sp³-hybridized carbons (Fsp3) is 0.133. The molecule has 0 aliphatic rings. The molecule has 0 saturated carbocycles. The van der Waals surface area contributed by atoms with Gasteiger partial charge in [-0.2, -0.15) is 0 Å². The molecular weight excluding hydrogens is 382 g/mol. The number of amides is 1. The third kappa shape index (κ3) is 3.27. The van der Waals surface area contributed by atoms with Crippen LogP contribution in [0.3, 0.4) is 0 Å². The molecule has 0 aliphatic heterocycles. The van der Waals surface area contributed by atoms with Gasteiger partial charge in [0.05, 0.1) is 16.7 Å². The topological polar surface area (TPSA) is 94.8 Å². The van der Waals surface area contributed by atoms with Gasteiger partial charge < -0.3 is 15.3 Å².